The van der Waals surface area contributed by atoms with Crippen molar-refractivity contribution in [3.63, 3.8) is 0 Å². The summed E-state index contributed by atoms with van der Waals surface area (Å²) in [5.74, 6) is 2.57. The normalized spacial score (nSPS) is 49.4. The third kappa shape index (κ3) is 1.41. The maximum Gasteiger partial charge on any atom is 0.308 e. The second-order valence-corrected chi connectivity index (χ2v) is 5.71. The van der Waals surface area contributed by atoms with Crippen molar-refractivity contribution in [2.75, 3.05) is 6.61 Å². The molecular weight excluding hydrogens is 204 g/mol. The number of aliphatic hydroxyl groups excluding tert-OH is 1. The number of aliphatic hydroxyl groups is 1. The lowest BCUT2D eigenvalue weighted by molar-refractivity contribution is -0.148. The van der Waals surface area contributed by atoms with Gasteiger partial charge in [-0.05, 0) is 56.3 Å². The second kappa shape index (κ2) is 3.73. The molecule has 0 heterocycles. The summed E-state index contributed by atoms with van der Waals surface area (Å²) in [4.78, 5) is 11.7. The van der Waals surface area contributed by atoms with Crippen LogP contribution in [0.1, 0.15) is 32.6 Å². The van der Waals surface area contributed by atoms with Gasteiger partial charge in [-0.2, -0.15) is 0 Å². The van der Waals surface area contributed by atoms with Crippen LogP contribution in [0.5, 0.6) is 0 Å². The van der Waals surface area contributed by atoms with Gasteiger partial charge >= 0.3 is 5.97 Å². The summed E-state index contributed by atoms with van der Waals surface area (Å²) in [6.45, 7) is 2.35. The number of fused-ring (bicyclic) bond motifs is 5. The Kier molecular flexibility index (Phi) is 2.46. The van der Waals surface area contributed by atoms with Crippen LogP contribution in [0.4, 0.5) is 0 Å². The van der Waals surface area contributed by atoms with Crippen molar-refractivity contribution in [2.45, 2.75) is 38.7 Å². The van der Waals surface area contributed by atoms with E-state index in [1.807, 2.05) is 6.92 Å². The molecule has 0 aromatic rings. The predicted octanol–water partition coefficient (Wildman–Crippen LogP) is 1.59. The van der Waals surface area contributed by atoms with E-state index in [2.05, 4.69) is 0 Å². The molecule has 0 saturated heterocycles. The molecule has 2 bridgehead atoms. The van der Waals surface area contributed by atoms with Crippen LogP contribution in [0.15, 0.2) is 0 Å². The molecule has 0 radical (unpaired) electrons. The number of carbonyl (C=O) groups excluding carboxylic acids is 1. The molecule has 3 heteroatoms. The van der Waals surface area contributed by atoms with Gasteiger partial charge in [0.05, 0.1) is 18.6 Å². The van der Waals surface area contributed by atoms with Crippen LogP contribution < -0.4 is 0 Å². The third-order valence-corrected chi connectivity index (χ3v) is 5.05. The van der Waals surface area contributed by atoms with E-state index in [1.54, 1.807) is 0 Å². The Bertz CT molecular complexity index is 302. The molecule has 90 valence electrons. The number of rotatable bonds is 2. The fourth-order valence-electron chi connectivity index (χ4n) is 4.49. The molecular formula is C13H20O3. The van der Waals surface area contributed by atoms with Gasteiger partial charge in [0.2, 0.25) is 0 Å². The van der Waals surface area contributed by atoms with Crippen molar-refractivity contribution < 1.29 is 14.6 Å². The number of carbonyl (C=O) groups is 1. The number of hydrogen-bond donors (Lipinski definition) is 1. The van der Waals surface area contributed by atoms with E-state index in [9.17, 15) is 9.90 Å². The molecule has 3 fully saturated rings. The first-order valence-electron chi connectivity index (χ1n) is 6.55. The SMILES string of the molecule is CCOC(=O)C1CC2C3CC(O)C(C3)C2C1. The lowest BCUT2D eigenvalue weighted by Gasteiger charge is -2.27. The molecule has 6 unspecified atom stereocenters. The lowest BCUT2D eigenvalue weighted by Crippen LogP contribution is -2.27. The van der Waals surface area contributed by atoms with E-state index in [0.717, 1.165) is 19.3 Å². The minimum Gasteiger partial charge on any atom is -0.466 e. The average Bonchev–Trinajstić information content (AvgIpc) is 2.86. The first kappa shape index (κ1) is 10.6. The molecule has 16 heavy (non-hydrogen) atoms. The van der Waals surface area contributed by atoms with Crippen LogP contribution in [0.2, 0.25) is 0 Å². The Hall–Kier alpha value is -0.570. The van der Waals surface area contributed by atoms with E-state index in [1.165, 1.54) is 6.42 Å². The van der Waals surface area contributed by atoms with Crippen LogP contribution >= 0.6 is 0 Å². The summed E-state index contributed by atoms with van der Waals surface area (Å²) in [7, 11) is 0. The van der Waals surface area contributed by atoms with Gasteiger partial charge in [-0.15, -0.1) is 0 Å². The fraction of sp³-hybridized carbons (Fsp3) is 0.923. The molecule has 3 saturated carbocycles. The first-order valence-corrected chi connectivity index (χ1v) is 6.55. The monoisotopic (exact) mass is 224 g/mol. The molecule has 0 aliphatic heterocycles. The van der Waals surface area contributed by atoms with Gasteiger partial charge in [0.25, 0.3) is 0 Å². The Morgan fingerprint density at radius 3 is 2.69 bits per heavy atom. The first-order chi connectivity index (χ1) is 7.70. The molecule has 3 aliphatic rings. The maximum atomic E-state index is 11.7. The fourth-order valence-corrected chi connectivity index (χ4v) is 4.49. The number of esters is 1. The molecule has 1 N–H and O–H groups in total. The molecule has 0 amide bonds. The third-order valence-electron chi connectivity index (χ3n) is 5.05. The highest BCUT2D eigenvalue weighted by Crippen LogP contribution is 2.60. The van der Waals surface area contributed by atoms with Crippen LogP contribution in [0, 0.1) is 29.6 Å². The molecule has 0 aromatic carbocycles. The highest BCUT2D eigenvalue weighted by atomic mass is 16.5. The minimum absolute atomic E-state index is 0.00853. The maximum absolute atomic E-state index is 11.7. The van der Waals surface area contributed by atoms with Crippen LogP contribution in [-0.2, 0) is 9.53 Å². The van der Waals surface area contributed by atoms with Gasteiger partial charge in [0, 0.05) is 0 Å². The summed E-state index contributed by atoms with van der Waals surface area (Å²) < 4.78 is 5.11. The van der Waals surface area contributed by atoms with Crippen molar-refractivity contribution in [1.29, 1.82) is 0 Å². The van der Waals surface area contributed by atoms with E-state index in [-0.39, 0.29) is 18.0 Å². The van der Waals surface area contributed by atoms with E-state index in [4.69, 9.17) is 4.74 Å². The average molecular weight is 224 g/mol. The Balaban J connectivity index is 1.68. The summed E-state index contributed by atoms with van der Waals surface area (Å²) >= 11 is 0. The van der Waals surface area contributed by atoms with E-state index >= 15 is 0 Å². The van der Waals surface area contributed by atoms with Gasteiger partial charge in [-0.3, -0.25) is 4.79 Å². The zero-order valence-corrected chi connectivity index (χ0v) is 9.76. The van der Waals surface area contributed by atoms with Crippen molar-refractivity contribution in [3.05, 3.63) is 0 Å². The molecule has 0 aromatic heterocycles. The second-order valence-electron chi connectivity index (χ2n) is 5.71. The standard InChI is InChI=1S/C13H20O3/c1-2-16-13(15)8-4-9-7-3-11(10(9)5-8)12(14)6-7/h7-12,14H,2-6H2,1H3. The quantitative estimate of drug-likeness (QED) is 0.725. The highest BCUT2D eigenvalue weighted by molar-refractivity contribution is 5.72. The largest absolute Gasteiger partial charge is 0.466 e. The molecule has 0 spiro atoms. The zero-order chi connectivity index (χ0) is 11.3. The van der Waals surface area contributed by atoms with E-state index < -0.39 is 0 Å². The smallest absolute Gasteiger partial charge is 0.308 e. The van der Waals surface area contributed by atoms with Gasteiger partial charge in [0.1, 0.15) is 0 Å². The molecule has 6 atom stereocenters. The summed E-state index contributed by atoms with van der Waals surface area (Å²) in [6.07, 6.45) is 4.05. The van der Waals surface area contributed by atoms with Crippen LogP contribution in [-0.4, -0.2) is 23.8 Å². The van der Waals surface area contributed by atoms with Crippen molar-refractivity contribution in [3.8, 4) is 0 Å². The summed E-state index contributed by atoms with van der Waals surface area (Å²) in [5, 5.41) is 9.88. The van der Waals surface area contributed by atoms with Gasteiger partial charge in [-0.25, -0.2) is 0 Å². The zero-order valence-electron chi connectivity index (χ0n) is 9.76. The molecule has 3 aliphatic carbocycles. The highest BCUT2D eigenvalue weighted by Gasteiger charge is 2.56. The van der Waals surface area contributed by atoms with Crippen LogP contribution in [0.25, 0.3) is 0 Å². The number of ether oxygens (including phenoxy) is 1. The lowest BCUT2D eigenvalue weighted by atomic mass is 9.80. The minimum atomic E-state index is -0.0906. The van der Waals surface area contributed by atoms with E-state index in [0.29, 0.717) is 30.3 Å². The van der Waals surface area contributed by atoms with Gasteiger partial charge in [0.15, 0.2) is 0 Å². The molecule has 3 rings (SSSR count). The Labute approximate surface area is 96.2 Å². The van der Waals surface area contributed by atoms with Crippen molar-refractivity contribution in [2.24, 2.45) is 29.6 Å². The molecule has 3 nitrogen and oxygen atoms in total. The summed E-state index contributed by atoms with van der Waals surface area (Å²) in [5.41, 5.74) is 0. The summed E-state index contributed by atoms with van der Waals surface area (Å²) in [6, 6.07) is 0. The predicted molar refractivity (Wildman–Crippen MR) is 58.6 cm³/mol. The Morgan fingerprint density at radius 1 is 1.19 bits per heavy atom. The van der Waals surface area contributed by atoms with Gasteiger partial charge in [-0.1, -0.05) is 0 Å². The topological polar surface area (TPSA) is 46.5 Å². The van der Waals surface area contributed by atoms with Gasteiger partial charge < -0.3 is 9.84 Å². The Morgan fingerprint density at radius 2 is 1.94 bits per heavy atom. The van der Waals surface area contributed by atoms with Crippen molar-refractivity contribution in [1.82, 2.24) is 0 Å². The van der Waals surface area contributed by atoms with Crippen molar-refractivity contribution >= 4 is 5.97 Å². The van der Waals surface area contributed by atoms with Crippen LogP contribution in [0.3, 0.4) is 0 Å². The number of hydrogen-bond acceptors (Lipinski definition) is 3.